The Kier molecular flexibility index (Phi) is 19.4. The molecule has 22 nitrogen and oxygen atoms in total. The number of allylic oxidation sites excluding steroid dienone is 2. The Morgan fingerprint density at radius 2 is 1.32 bits per heavy atom. The highest BCUT2D eigenvalue weighted by Gasteiger charge is 2.78. The van der Waals surface area contributed by atoms with E-state index < -0.39 is 83.5 Å². The van der Waals surface area contributed by atoms with E-state index in [4.69, 9.17) is 30.4 Å². The van der Waals surface area contributed by atoms with Gasteiger partial charge in [0.05, 0.1) is 36.0 Å². The van der Waals surface area contributed by atoms with Crippen molar-refractivity contribution in [3.8, 4) is 5.75 Å². The number of ether oxygens (including phenoxy) is 4. The van der Waals surface area contributed by atoms with Crippen molar-refractivity contribution in [2.24, 2.45) is 17.4 Å². The smallest absolute Gasteiger partial charge is 0.410 e. The van der Waals surface area contributed by atoms with E-state index in [1.54, 1.807) is 36.3 Å². The van der Waals surface area contributed by atoms with Gasteiger partial charge in [0.15, 0.2) is 5.72 Å². The van der Waals surface area contributed by atoms with Gasteiger partial charge in [-0.15, -0.1) is 0 Å². The number of amides is 7. The van der Waals surface area contributed by atoms with Crippen LogP contribution in [-0.2, 0) is 66.3 Å². The summed E-state index contributed by atoms with van der Waals surface area (Å²) >= 11 is 0. The van der Waals surface area contributed by atoms with Crippen LogP contribution in [0.25, 0.3) is 0 Å². The SMILES string of the molecule is COc1ccc(C(NCCCCC(NC(=O)[C@H](Cc2ccccc2)NC(=O)CCCCCN2C(=O)C=CC2=O)C(=O)Nc2ccc(COC(=O)N3C4CN5C6=C(C(=O)C(N)=C(C)C6=O)C(COC(N)=O)C5(OC)C43)cc2)(c2ccccc2)c2ccccc2)cc1. The van der Waals surface area contributed by atoms with E-state index >= 15 is 0 Å². The Morgan fingerprint density at radius 1 is 0.689 bits per heavy atom. The van der Waals surface area contributed by atoms with Crippen LogP contribution in [0.4, 0.5) is 15.3 Å². The first-order valence-corrected chi connectivity index (χ1v) is 30.1. The van der Waals surface area contributed by atoms with Crippen molar-refractivity contribution in [3.63, 3.8) is 0 Å². The monoisotopic (exact) mass is 1220 g/mol. The largest absolute Gasteiger partial charge is 0.497 e. The number of fused-ring (bicyclic) bond motifs is 4. The third kappa shape index (κ3) is 13.0. The minimum absolute atomic E-state index is 0.0256. The molecule has 8 N–H and O–H groups in total. The molecule has 0 saturated carbocycles. The summed E-state index contributed by atoms with van der Waals surface area (Å²) in [5.41, 5.74) is 13.9. The molecule has 22 heteroatoms. The number of rotatable bonds is 28. The van der Waals surface area contributed by atoms with Gasteiger partial charge < -0.3 is 51.3 Å². The molecule has 4 aliphatic heterocycles. The van der Waals surface area contributed by atoms with Crippen molar-refractivity contribution in [3.05, 3.63) is 202 Å². The van der Waals surface area contributed by atoms with Crippen LogP contribution in [0.2, 0.25) is 0 Å². The molecule has 90 heavy (non-hydrogen) atoms. The topological polar surface area (TPSA) is 300 Å². The van der Waals surface area contributed by atoms with Crippen molar-refractivity contribution in [2.75, 3.05) is 45.8 Å². The summed E-state index contributed by atoms with van der Waals surface area (Å²) in [6.07, 6.45) is 3.63. The molecular formula is C68H73N9O13. The second-order valence-electron chi connectivity index (χ2n) is 22.8. The predicted octanol–water partition coefficient (Wildman–Crippen LogP) is 5.79. The highest BCUT2D eigenvalue weighted by molar-refractivity contribution is 6.25. The number of primary amides is 1. The molecule has 5 aromatic carbocycles. The molecule has 5 aliphatic rings. The fourth-order valence-corrected chi connectivity index (χ4v) is 12.9. The fourth-order valence-electron chi connectivity index (χ4n) is 12.9. The standard InChI is InChI=1S/C68H73N9O13/c1-42-58(69)61(82)57-50(41-89-65(70)85)68(88-3)62-53(39-76(68)59(57)60(42)81)77(62)66(86)90-40-44-26-30-48(31-27-44)72-63(83)51(74-64(84)52(38-43-18-8-4-9-19-43)73-54(78)25-14-7-17-37-75-55(79)34-35-56(75)80)24-15-16-36-71-67(45-20-10-5-11-21-45,46-22-12-6-13-23-46)47-28-32-49(87-2)33-29-47/h4-6,8-13,18-23,26-35,50-53,62,71H,7,14-17,24-25,36-41,69H2,1-3H3,(H2,70,85)(H,72,83)(H,73,78)(H,74,84)/t50?,51?,52-,53?,62?,68?,77?/m0/s1. The van der Waals surface area contributed by atoms with Gasteiger partial charge in [0.1, 0.15) is 37.1 Å². The Morgan fingerprint density at radius 3 is 1.94 bits per heavy atom. The molecule has 6 atom stereocenters. The van der Waals surface area contributed by atoms with Crippen LogP contribution in [0.1, 0.15) is 79.7 Å². The molecule has 5 unspecified atom stereocenters. The highest BCUT2D eigenvalue weighted by atomic mass is 16.6. The lowest BCUT2D eigenvalue weighted by atomic mass is 9.77. The fraction of sp³-hybridized carbons (Fsp3) is 0.338. The molecule has 1 aliphatic carbocycles. The van der Waals surface area contributed by atoms with E-state index in [1.807, 2.05) is 91.0 Å². The Balaban J connectivity index is 0.821. The first-order chi connectivity index (χ1) is 43.5. The number of carbonyl (C=O) groups excluding carboxylic acids is 9. The second kappa shape index (κ2) is 27.6. The molecular weight excluding hydrogens is 1150 g/mol. The van der Waals surface area contributed by atoms with Gasteiger partial charge in [-0.3, -0.25) is 48.7 Å². The van der Waals surface area contributed by atoms with E-state index in [0.717, 1.165) is 27.2 Å². The number of carbonyl (C=O) groups is 9. The van der Waals surface area contributed by atoms with Crippen molar-refractivity contribution in [1.82, 2.24) is 30.7 Å². The molecule has 5 aromatic rings. The zero-order valence-corrected chi connectivity index (χ0v) is 50.3. The molecule has 2 fully saturated rings. The second-order valence-corrected chi connectivity index (χ2v) is 22.8. The van der Waals surface area contributed by atoms with Crippen LogP contribution in [0.5, 0.6) is 5.75 Å². The van der Waals surface area contributed by atoms with Gasteiger partial charge in [-0.2, -0.15) is 0 Å². The van der Waals surface area contributed by atoms with Gasteiger partial charge in [0.25, 0.3) is 11.8 Å². The van der Waals surface area contributed by atoms with Gasteiger partial charge in [-0.05, 0) is 97.7 Å². The maximum atomic E-state index is 14.6. The summed E-state index contributed by atoms with van der Waals surface area (Å²) in [4.78, 5) is 124. The van der Waals surface area contributed by atoms with Crippen LogP contribution in [-0.4, -0.2) is 138 Å². The van der Waals surface area contributed by atoms with Crippen LogP contribution in [0, 0.1) is 5.92 Å². The first kappa shape index (κ1) is 63.1. The number of imide groups is 1. The molecule has 468 valence electrons. The Hall–Kier alpha value is -9.93. The van der Waals surface area contributed by atoms with E-state index in [2.05, 4.69) is 45.5 Å². The van der Waals surface area contributed by atoms with Crippen LogP contribution >= 0.6 is 0 Å². The number of nitrogens with one attached hydrogen (secondary N) is 4. The molecule has 7 amide bonds. The van der Waals surface area contributed by atoms with E-state index in [0.29, 0.717) is 55.6 Å². The Labute approximate surface area is 520 Å². The summed E-state index contributed by atoms with van der Waals surface area (Å²) in [5, 5.41) is 12.8. The van der Waals surface area contributed by atoms with Gasteiger partial charge in [0.2, 0.25) is 29.3 Å². The number of hydrogen-bond donors (Lipinski definition) is 6. The quantitative estimate of drug-likeness (QED) is 0.0113. The average Bonchev–Trinajstić information content (AvgIpc) is 1.49. The minimum Gasteiger partial charge on any atom is -0.497 e. The zero-order chi connectivity index (χ0) is 63.7. The van der Waals surface area contributed by atoms with Crippen LogP contribution in [0.3, 0.4) is 0 Å². The highest BCUT2D eigenvalue weighted by Crippen LogP contribution is 2.60. The number of anilines is 1. The normalized spacial score (nSPS) is 19.7. The number of benzene rings is 5. The van der Waals surface area contributed by atoms with Crippen molar-refractivity contribution in [1.29, 1.82) is 0 Å². The first-order valence-electron chi connectivity index (χ1n) is 30.1. The number of ketones is 2. The number of nitrogens with two attached hydrogens (primary N) is 2. The van der Waals surface area contributed by atoms with Gasteiger partial charge in [-0.1, -0.05) is 122 Å². The molecule has 10 rings (SSSR count). The van der Waals surface area contributed by atoms with E-state index in [9.17, 15) is 43.2 Å². The number of methoxy groups -OCH3 is 2. The molecule has 4 heterocycles. The van der Waals surface area contributed by atoms with Crippen molar-refractivity contribution >= 4 is 59.0 Å². The minimum atomic E-state index is -1.49. The Bertz CT molecular complexity index is 3580. The number of hydrogen-bond acceptors (Lipinski definition) is 16. The molecule has 0 radical (unpaired) electrons. The lowest BCUT2D eigenvalue weighted by molar-refractivity contribution is -0.144. The van der Waals surface area contributed by atoms with Gasteiger partial charge >= 0.3 is 12.2 Å². The molecule has 0 bridgehead atoms. The maximum Gasteiger partial charge on any atom is 0.410 e. The summed E-state index contributed by atoms with van der Waals surface area (Å²) in [6, 6.07) is 40.7. The van der Waals surface area contributed by atoms with Crippen LogP contribution < -0.4 is 37.5 Å². The summed E-state index contributed by atoms with van der Waals surface area (Å²) < 4.78 is 22.7. The molecule has 0 spiro atoms. The van der Waals surface area contributed by atoms with Gasteiger partial charge in [0, 0.05) is 62.0 Å². The van der Waals surface area contributed by atoms with E-state index in [-0.39, 0.29) is 79.2 Å². The maximum absolute atomic E-state index is 14.6. The average molecular weight is 1220 g/mol. The lowest BCUT2D eigenvalue weighted by Gasteiger charge is -2.40. The van der Waals surface area contributed by atoms with Crippen molar-refractivity contribution < 1.29 is 62.1 Å². The van der Waals surface area contributed by atoms with Crippen molar-refractivity contribution in [2.45, 2.75) is 100 Å². The van der Waals surface area contributed by atoms with Gasteiger partial charge in [-0.25, -0.2) is 9.59 Å². The summed E-state index contributed by atoms with van der Waals surface area (Å²) in [5.74, 6) is -3.57. The summed E-state index contributed by atoms with van der Waals surface area (Å²) in [7, 11) is 3.01. The number of piperazine rings is 1. The summed E-state index contributed by atoms with van der Waals surface area (Å²) in [6.45, 7) is 1.69. The van der Waals surface area contributed by atoms with E-state index in [1.165, 1.54) is 31.1 Å². The number of nitrogens with zero attached hydrogens (tertiary/aromatic N) is 3. The zero-order valence-electron chi connectivity index (χ0n) is 50.3. The number of Topliss-reactive ketones (excluding diaryl/α,β-unsaturated/α-hetero) is 2. The third-order valence-electron chi connectivity index (χ3n) is 17.5. The predicted molar refractivity (Wildman–Crippen MR) is 330 cm³/mol. The number of unbranched alkanes of at least 4 members (excludes halogenated alkanes) is 3. The molecule has 2 saturated heterocycles. The lowest BCUT2D eigenvalue weighted by Crippen LogP contribution is -2.56. The van der Waals surface area contributed by atoms with Crippen LogP contribution in [0.15, 0.2) is 174 Å². The molecule has 0 aromatic heterocycles. The third-order valence-corrected chi connectivity index (χ3v) is 17.5.